The molecule has 1 aliphatic rings. The number of anilines is 1. The highest BCUT2D eigenvalue weighted by Crippen LogP contribution is 2.45. The number of benzene rings is 3. The Balaban J connectivity index is 1.69. The predicted octanol–water partition coefficient (Wildman–Crippen LogP) is 5.45. The van der Waals surface area contributed by atoms with Gasteiger partial charge in [-0.05, 0) is 54.1 Å². The number of aliphatic hydroxyl groups excluding tert-OH is 1. The second-order valence-electron chi connectivity index (χ2n) is 7.57. The number of amides is 1. The average Bonchev–Trinajstić information content (AvgIpc) is 3.38. The SMILES string of the molecule is COc1cc(C2C(C(=O)c3ccc(Cl)cc3)=C(O)C(=O)N2c2nc3ccccc3s2)ccc1O. The molecule has 0 radical (unpaired) electrons. The Hall–Kier alpha value is -3.88. The van der Waals surface area contributed by atoms with Gasteiger partial charge in [-0.25, -0.2) is 4.98 Å². The number of hydrogen-bond donors (Lipinski definition) is 2. The summed E-state index contributed by atoms with van der Waals surface area (Å²) < 4.78 is 6.09. The van der Waals surface area contributed by atoms with E-state index in [4.69, 9.17) is 16.3 Å². The van der Waals surface area contributed by atoms with Gasteiger partial charge in [0.25, 0.3) is 5.91 Å². The quantitative estimate of drug-likeness (QED) is 0.359. The largest absolute Gasteiger partial charge is 0.504 e. The average molecular weight is 493 g/mol. The van der Waals surface area contributed by atoms with Crippen molar-refractivity contribution in [1.29, 1.82) is 0 Å². The lowest BCUT2D eigenvalue weighted by Crippen LogP contribution is -2.31. The molecule has 4 aromatic rings. The maximum atomic E-state index is 13.5. The highest BCUT2D eigenvalue weighted by molar-refractivity contribution is 7.22. The molecule has 9 heteroatoms. The van der Waals surface area contributed by atoms with Gasteiger partial charge in [0.1, 0.15) is 0 Å². The fraction of sp³-hybridized carbons (Fsp3) is 0.0800. The van der Waals surface area contributed by atoms with Gasteiger partial charge in [-0.2, -0.15) is 0 Å². The first-order valence-electron chi connectivity index (χ1n) is 10.2. The van der Waals surface area contributed by atoms with E-state index in [2.05, 4.69) is 4.98 Å². The zero-order valence-electron chi connectivity index (χ0n) is 17.7. The van der Waals surface area contributed by atoms with Crippen molar-refractivity contribution < 1.29 is 24.5 Å². The summed E-state index contributed by atoms with van der Waals surface area (Å²) in [7, 11) is 1.40. The number of ketones is 1. The van der Waals surface area contributed by atoms with E-state index in [1.807, 2.05) is 24.3 Å². The van der Waals surface area contributed by atoms with Crippen molar-refractivity contribution in [2.75, 3.05) is 12.0 Å². The van der Waals surface area contributed by atoms with Crippen molar-refractivity contribution >= 4 is 50.0 Å². The third-order valence-electron chi connectivity index (χ3n) is 5.57. The molecule has 1 unspecified atom stereocenters. The van der Waals surface area contributed by atoms with Crippen molar-refractivity contribution in [3.05, 3.63) is 94.2 Å². The Labute approximate surface area is 203 Å². The number of aromatic nitrogens is 1. The zero-order valence-corrected chi connectivity index (χ0v) is 19.3. The van der Waals surface area contributed by atoms with Crippen molar-refractivity contribution in [2.45, 2.75) is 6.04 Å². The number of ether oxygens (including phenoxy) is 1. The van der Waals surface area contributed by atoms with Gasteiger partial charge in [-0.15, -0.1) is 0 Å². The van der Waals surface area contributed by atoms with Gasteiger partial charge in [-0.1, -0.05) is 41.1 Å². The Morgan fingerprint density at radius 2 is 1.82 bits per heavy atom. The fourth-order valence-corrected chi connectivity index (χ4v) is 5.05. The van der Waals surface area contributed by atoms with Crippen LogP contribution in [0.3, 0.4) is 0 Å². The van der Waals surface area contributed by atoms with E-state index in [-0.39, 0.29) is 22.6 Å². The third kappa shape index (κ3) is 3.57. The van der Waals surface area contributed by atoms with E-state index in [1.54, 1.807) is 18.2 Å². The number of carbonyl (C=O) groups excluding carboxylic acids is 2. The molecule has 1 aliphatic heterocycles. The second-order valence-corrected chi connectivity index (χ2v) is 9.02. The number of carbonyl (C=O) groups is 2. The van der Waals surface area contributed by atoms with Crippen molar-refractivity contribution in [1.82, 2.24) is 4.98 Å². The van der Waals surface area contributed by atoms with Crippen LogP contribution >= 0.6 is 22.9 Å². The number of phenols is 1. The lowest BCUT2D eigenvalue weighted by molar-refractivity contribution is -0.117. The summed E-state index contributed by atoms with van der Waals surface area (Å²) in [4.78, 5) is 32.7. The number of nitrogens with zero attached hydrogens (tertiary/aromatic N) is 2. The molecule has 0 bridgehead atoms. The molecule has 1 amide bonds. The molecule has 7 nitrogen and oxygen atoms in total. The fourth-order valence-electron chi connectivity index (χ4n) is 3.93. The summed E-state index contributed by atoms with van der Waals surface area (Å²) in [5.41, 5.74) is 1.32. The highest BCUT2D eigenvalue weighted by Gasteiger charge is 2.46. The number of methoxy groups -OCH3 is 1. The maximum Gasteiger partial charge on any atom is 0.296 e. The van der Waals surface area contributed by atoms with Gasteiger partial charge in [0.15, 0.2) is 28.2 Å². The summed E-state index contributed by atoms with van der Waals surface area (Å²) in [6.07, 6.45) is 0. The molecular weight excluding hydrogens is 476 g/mol. The van der Waals surface area contributed by atoms with Gasteiger partial charge < -0.3 is 14.9 Å². The van der Waals surface area contributed by atoms with Crippen LogP contribution in [0.2, 0.25) is 5.02 Å². The smallest absolute Gasteiger partial charge is 0.296 e. The molecule has 1 aromatic heterocycles. The lowest BCUT2D eigenvalue weighted by atomic mass is 9.92. The van der Waals surface area contributed by atoms with E-state index in [1.165, 1.54) is 47.6 Å². The van der Waals surface area contributed by atoms with E-state index < -0.39 is 23.5 Å². The molecular formula is C25H17ClN2O5S. The van der Waals surface area contributed by atoms with Crippen LogP contribution < -0.4 is 9.64 Å². The van der Waals surface area contributed by atoms with Crippen LogP contribution in [-0.4, -0.2) is 34.0 Å². The summed E-state index contributed by atoms with van der Waals surface area (Å²) in [5, 5.41) is 21.8. The number of hydrogen-bond acceptors (Lipinski definition) is 7. The number of Topliss-reactive ketones (excluding diaryl/α,β-unsaturated/α-hetero) is 1. The first-order chi connectivity index (χ1) is 16.4. The molecule has 5 rings (SSSR count). The molecule has 1 atom stereocenters. The first-order valence-corrected chi connectivity index (χ1v) is 11.4. The van der Waals surface area contributed by atoms with Crippen molar-refractivity contribution in [2.24, 2.45) is 0 Å². The molecule has 3 aromatic carbocycles. The minimum atomic E-state index is -0.995. The minimum Gasteiger partial charge on any atom is -0.504 e. The third-order valence-corrected chi connectivity index (χ3v) is 6.86. The van der Waals surface area contributed by atoms with Crippen molar-refractivity contribution in [3.63, 3.8) is 0 Å². The Morgan fingerprint density at radius 1 is 1.09 bits per heavy atom. The van der Waals surface area contributed by atoms with Gasteiger partial charge in [0.05, 0.1) is 28.9 Å². The van der Waals surface area contributed by atoms with Crippen LogP contribution in [0.5, 0.6) is 11.5 Å². The van der Waals surface area contributed by atoms with Crippen LogP contribution in [0.15, 0.2) is 78.1 Å². The standard InChI is InChI=1S/C25H17ClN2O5S/c1-33-18-12-14(8-11-17(18)29)21-20(22(30)13-6-9-15(26)10-7-13)23(31)24(32)28(21)25-27-16-4-2-3-5-19(16)34-25/h2-12,21,29,31H,1H3. The zero-order chi connectivity index (χ0) is 24.0. The van der Waals surface area contributed by atoms with Crippen LogP contribution in [0.25, 0.3) is 10.2 Å². The Morgan fingerprint density at radius 3 is 2.53 bits per heavy atom. The second kappa shape index (κ2) is 8.48. The summed E-state index contributed by atoms with van der Waals surface area (Å²) in [6, 6.07) is 17.1. The molecule has 0 fully saturated rings. The molecule has 0 saturated carbocycles. The van der Waals surface area contributed by atoms with E-state index >= 15 is 0 Å². The number of rotatable bonds is 5. The van der Waals surface area contributed by atoms with Crippen molar-refractivity contribution in [3.8, 4) is 11.5 Å². The Bertz CT molecular complexity index is 1450. The number of thiazole rings is 1. The van der Waals surface area contributed by atoms with E-state index in [0.717, 1.165) is 4.70 Å². The monoisotopic (exact) mass is 492 g/mol. The number of halogens is 1. The molecule has 170 valence electrons. The number of para-hydroxylation sites is 1. The summed E-state index contributed by atoms with van der Waals surface area (Å²) in [6.45, 7) is 0. The van der Waals surface area contributed by atoms with E-state index in [0.29, 0.717) is 21.2 Å². The molecule has 0 aliphatic carbocycles. The maximum absolute atomic E-state index is 13.5. The number of aliphatic hydroxyl groups is 1. The molecule has 2 heterocycles. The summed E-state index contributed by atoms with van der Waals surface area (Å²) >= 11 is 7.23. The van der Waals surface area contributed by atoms with Crippen LogP contribution in [0, 0.1) is 0 Å². The van der Waals surface area contributed by atoms with Crippen LogP contribution in [0.1, 0.15) is 22.0 Å². The topological polar surface area (TPSA) is 100.0 Å². The van der Waals surface area contributed by atoms with Crippen LogP contribution in [0.4, 0.5) is 5.13 Å². The first kappa shape index (κ1) is 21.9. The number of aromatic hydroxyl groups is 1. The molecule has 0 spiro atoms. The van der Waals surface area contributed by atoms with Gasteiger partial charge >= 0.3 is 0 Å². The highest BCUT2D eigenvalue weighted by atomic mass is 35.5. The molecule has 0 saturated heterocycles. The normalized spacial score (nSPS) is 15.9. The Kier molecular flexibility index (Phi) is 5.47. The van der Waals surface area contributed by atoms with Gasteiger partial charge in [0.2, 0.25) is 0 Å². The number of phenolic OH excluding ortho intramolecular Hbond substituents is 1. The number of fused-ring (bicyclic) bond motifs is 1. The minimum absolute atomic E-state index is 0.0964. The predicted molar refractivity (Wildman–Crippen MR) is 130 cm³/mol. The van der Waals surface area contributed by atoms with Crippen LogP contribution in [-0.2, 0) is 4.79 Å². The van der Waals surface area contributed by atoms with E-state index in [9.17, 15) is 19.8 Å². The molecule has 2 N–H and O–H groups in total. The lowest BCUT2D eigenvalue weighted by Gasteiger charge is -2.25. The van der Waals surface area contributed by atoms with Gasteiger partial charge in [0, 0.05) is 10.6 Å². The van der Waals surface area contributed by atoms with Gasteiger partial charge in [-0.3, -0.25) is 14.5 Å². The molecule has 34 heavy (non-hydrogen) atoms. The summed E-state index contributed by atoms with van der Waals surface area (Å²) in [5.74, 6) is -1.85.